The van der Waals surface area contributed by atoms with Crippen LogP contribution in [-0.4, -0.2) is 51.5 Å². The zero-order chi connectivity index (χ0) is 20.0. The maximum Gasteiger partial charge on any atom is 0.325 e. The number of nitrogens with zero attached hydrogens (tertiary/aromatic N) is 3. The Kier molecular flexibility index (Phi) is 4.66. The summed E-state index contributed by atoms with van der Waals surface area (Å²) in [6.07, 6.45) is 1.79. The molecule has 6 nitrogen and oxygen atoms in total. The number of aromatic amines is 1. The number of benzene rings is 2. The Labute approximate surface area is 176 Å². The molecule has 0 saturated carbocycles. The summed E-state index contributed by atoms with van der Waals surface area (Å²) in [6, 6.07) is 13.0. The molecule has 2 aromatic heterocycles. The fourth-order valence-corrected chi connectivity index (χ4v) is 5.09. The summed E-state index contributed by atoms with van der Waals surface area (Å²) < 4.78 is 5.81. The lowest BCUT2D eigenvalue weighted by atomic mass is 10.0. The standard InChI is InChI=1S/C21H19ClN4O2S/c22-13-5-6-14-16(12-23-17(14)11-13)19(21(27)28)25-7-9-26(10-8-25)20-15-3-1-2-4-18(15)29-24-20/h1-6,11-12,19,23H,7-10H2,(H,27,28). The normalized spacial score (nSPS) is 16.5. The molecule has 2 aromatic carbocycles. The first-order valence-electron chi connectivity index (χ1n) is 9.44. The molecule has 3 heterocycles. The molecule has 0 amide bonds. The smallest absolute Gasteiger partial charge is 0.325 e. The minimum atomic E-state index is -0.839. The Morgan fingerprint density at radius 2 is 1.93 bits per heavy atom. The summed E-state index contributed by atoms with van der Waals surface area (Å²) >= 11 is 7.57. The van der Waals surface area contributed by atoms with Gasteiger partial charge in [-0.1, -0.05) is 29.8 Å². The molecule has 5 rings (SSSR count). The SMILES string of the molecule is O=C(O)C(c1c[nH]c2cc(Cl)ccc12)N1CCN(c2nsc3ccccc23)CC1. The van der Waals surface area contributed by atoms with E-state index in [1.807, 2.05) is 29.2 Å². The van der Waals surface area contributed by atoms with E-state index in [1.54, 1.807) is 12.3 Å². The van der Waals surface area contributed by atoms with E-state index in [9.17, 15) is 9.90 Å². The zero-order valence-electron chi connectivity index (χ0n) is 15.5. The Morgan fingerprint density at radius 3 is 2.72 bits per heavy atom. The summed E-state index contributed by atoms with van der Waals surface area (Å²) in [5.74, 6) is 0.160. The van der Waals surface area contributed by atoms with E-state index in [1.165, 1.54) is 16.2 Å². The predicted octanol–water partition coefficient (Wildman–Crippen LogP) is 4.38. The second-order valence-corrected chi connectivity index (χ2v) is 8.44. The average molecular weight is 427 g/mol. The number of hydrogen-bond donors (Lipinski definition) is 2. The van der Waals surface area contributed by atoms with Crippen molar-refractivity contribution in [2.24, 2.45) is 0 Å². The molecular weight excluding hydrogens is 408 g/mol. The Bertz CT molecular complexity index is 1200. The van der Waals surface area contributed by atoms with Gasteiger partial charge in [-0.2, -0.15) is 4.37 Å². The first kappa shape index (κ1) is 18.4. The third kappa shape index (κ3) is 3.25. The molecule has 1 atom stereocenters. The Morgan fingerprint density at radius 1 is 1.14 bits per heavy atom. The highest BCUT2D eigenvalue weighted by atomic mass is 35.5. The number of hydrogen-bond acceptors (Lipinski definition) is 5. The summed E-state index contributed by atoms with van der Waals surface area (Å²) in [6.45, 7) is 2.80. The molecule has 2 N–H and O–H groups in total. The highest BCUT2D eigenvalue weighted by Crippen LogP contribution is 2.33. The predicted molar refractivity (Wildman–Crippen MR) is 117 cm³/mol. The molecule has 0 spiro atoms. The van der Waals surface area contributed by atoms with Crippen LogP contribution >= 0.6 is 23.1 Å². The van der Waals surface area contributed by atoms with E-state index in [4.69, 9.17) is 11.6 Å². The molecule has 29 heavy (non-hydrogen) atoms. The van der Waals surface area contributed by atoms with Crippen molar-refractivity contribution in [3.63, 3.8) is 0 Å². The molecule has 1 saturated heterocycles. The number of rotatable bonds is 4. The van der Waals surface area contributed by atoms with E-state index in [0.717, 1.165) is 40.8 Å². The monoisotopic (exact) mass is 426 g/mol. The lowest BCUT2D eigenvalue weighted by Crippen LogP contribution is -2.49. The number of piperazine rings is 1. The van der Waals surface area contributed by atoms with Gasteiger partial charge in [-0.3, -0.25) is 9.69 Å². The van der Waals surface area contributed by atoms with Gasteiger partial charge < -0.3 is 15.0 Å². The average Bonchev–Trinajstić information content (AvgIpc) is 3.33. The lowest BCUT2D eigenvalue weighted by molar-refractivity contribution is -0.143. The van der Waals surface area contributed by atoms with Crippen molar-refractivity contribution >= 4 is 55.9 Å². The largest absolute Gasteiger partial charge is 0.480 e. The van der Waals surface area contributed by atoms with Crippen LogP contribution < -0.4 is 4.90 Å². The second-order valence-electron chi connectivity index (χ2n) is 7.20. The molecule has 0 radical (unpaired) electrons. The van der Waals surface area contributed by atoms with Crippen molar-refractivity contribution in [1.29, 1.82) is 0 Å². The third-order valence-electron chi connectivity index (χ3n) is 5.54. The van der Waals surface area contributed by atoms with Crippen LogP contribution in [-0.2, 0) is 4.79 Å². The molecule has 8 heteroatoms. The van der Waals surface area contributed by atoms with Crippen molar-refractivity contribution in [2.75, 3.05) is 31.1 Å². The second kappa shape index (κ2) is 7.33. The van der Waals surface area contributed by atoms with Gasteiger partial charge in [0.1, 0.15) is 11.9 Å². The van der Waals surface area contributed by atoms with Crippen LogP contribution in [0.5, 0.6) is 0 Å². The number of carboxylic acids is 1. The van der Waals surface area contributed by atoms with Crippen molar-refractivity contribution in [3.8, 4) is 0 Å². The molecule has 0 bridgehead atoms. The fourth-order valence-electron chi connectivity index (χ4n) is 4.13. The molecule has 0 aliphatic carbocycles. The summed E-state index contributed by atoms with van der Waals surface area (Å²) in [4.78, 5) is 19.6. The van der Waals surface area contributed by atoms with Gasteiger partial charge in [0.25, 0.3) is 0 Å². The number of nitrogens with one attached hydrogen (secondary N) is 1. The fraction of sp³-hybridized carbons (Fsp3) is 0.238. The highest BCUT2D eigenvalue weighted by molar-refractivity contribution is 7.13. The first-order chi connectivity index (χ1) is 14.1. The van der Waals surface area contributed by atoms with Crippen molar-refractivity contribution < 1.29 is 9.90 Å². The van der Waals surface area contributed by atoms with E-state index in [-0.39, 0.29) is 0 Å². The molecule has 1 unspecified atom stereocenters. The maximum absolute atomic E-state index is 12.2. The first-order valence-corrected chi connectivity index (χ1v) is 10.6. The van der Waals surface area contributed by atoms with Crippen LogP contribution in [0.1, 0.15) is 11.6 Å². The molecule has 1 aliphatic heterocycles. The van der Waals surface area contributed by atoms with Crippen LogP contribution in [0.3, 0.4) is 0 Å². The van der Waals surface area contributed by atoms with Gasteiger partial charge >= 0.3 is 5.97 Å². The minimum absolute atomic E-state index is 0.627. The zero-order valence-corrected chi connectivity index (χ0v) is 17.1. The minimum Gasteiger partial charge on any atom is -0.480 e. The number of halogens is 1. The van der Waals surface area contributed by atoms with Crippen LogP contribution in [0.15, 0.2) is 48.7 Å². The molecule has 148 valence electrons. The molecule has 1 fully saturated rings. The van der Waals surface area contributed by atoms with E-state index >= 15 is 0 Å². The van der Waals surface area contributed by atoms with Crippen LogP contribution in [0.25, 0.3) is 21.0 Å². The summed E-state index contributed by atoms with van der Waals surface area (Å²) in [7, 11) is 0. The summed E-state index contributed by atoms with van der Waals surface area (Å²) in [5, 5.41) is 12.7. The number of aromatic nitrogens is 2. The van der Waals surface area contributed by atoms with Gasteiger partial charge in [0.15, 0.2) is 0 Å². The number of H-pyrrole nitrogens is 1. The van der Waals surface area contributed by atoms with Crippen LogP contribution in [0.4, 0.5) is 5.82 Å². The van der Waals surface area contributed by atoms with Gasteiger partial charge in [-0.25, -0.2) is 0 Å². The Hall–Kier alpha value is -2.61. The molecule has 4 aromatic rings. The quantitative estimate of drug-likeness (QED) is 0.506. The molecule has 1 aliphatic rings. The van der Waals surface area contributed by atoms with Crippen molar-refractivity contribution in [3.05, 3.63) is 59.2 Å². The lowest BCUT2D eigenvalue weighted by Gasteiger charge is -2.38. The maximum atomic E-state index is 12.2. The van der Waals surface area contributed by atoms with Crippen LogP contribution in [0.2, 0.25) is 5.02 Å². The van der Waals surface area contributed by atoms with Crippen molar-refractivity contribution in [1.82, 2.24) is 14.3 Å². The van der Waals surface area contributed by atoms with Crippen molar-refractivity contribution in [2.45, 2.75) is 6.04 Å². The van der Waals surface area contributed by atoms with Gasteiger partial charge in [-0.15, -0.1) is 0 Å². The van der Waals surface area contributed by atoms with Gasteiger partial charge in [0.05, 0.1) is 4.70 Å². The number of fused-ring (bicyclic) bond motifs is 2. The van der Waals surface area contributed by atoms with Gasteiger partial charge in [0.2, 0.25) is 0 Å². The van der Waals surface area contributed by atoms with Gasteiger partial charge in [-0.05, 0) is 35.8 Å². The van der Waals surface area contributed by atoms with E-state index < -0.39 is 12.0 Å². The van der Waals surface area contributed by atoms with Crippen LogP contribution in [0, 0.1) is 0 Å². The Balaban J connectivity index is 1.39. The topological polar surface area (TPSA) is 72.5 Å². The van der Waals surface area contributed by atoms with E-state index in [2.05, 4.69) is 26.4 Å². The van der Waals surface area contributed by atoms with E-state index in [0.29, 0.717) is 18.1 Å². The third-order valence-corrected chi connectivity index (χ3v) is 6.59. The number of carbonyl (C=O) groups is 1. The molecular formula is C21H19ClN4O2S. The van der Waals surface area contributed by atoms with Gasteiger partial charge in [0, 0.05) is 59.3 Å². The highest BCUT2D eigenvalue weighted by Gasteiger charge is 2.32. The number of carboxylic acid groups (broad SMARTS) is 1. The number of aliphatic carboxylic acids is 1. The summed E-state index contributed by atoms with van der Waals surface area (Å²) in [5.41, 5.74) is 1.63. The number of anilines is 1.